The molecule has 2 N–H and O–H groups in total. The third kappa shape index (κ3) is 35.0. The van der Waals surface area contributed by atoms with Gasteiger partial charge in [0.2, 0.25) is 5.91 Å². The number of rotatable bonds is 37. The first-order valence-electron chi connectivity index (χ1n) is 18.5. The summed E-state index contributed by atoms with van der Waals surface area (Å²) in [7, 11) is 0. The molecule has 0 aliphatic carbocycles. The van der Waals surface area contributed by atoms with Crippen molar-refractivity contribution in [3.05, 3.63) is 0 Å². The fraction of sp³-hybridized carbons (Fsp3) is 0.865. The Kier molecular flexibility index (Phi) is 32.2. The Labute approximate surface area is 284 Å². The van der Waals surface area contributed by atoms with Gasteiger partial charge < -0.3 is 29.4 Å². The van der Waals surface area contributed by atoms with E-state index in [1.54, 1.807) is 6.92 Å². The molecule has 0 unspecified atom stereocenters. The maximum atomic E-state index is 12.1. The highest BCUT2D eigenvalue weighted by molar-refractivity contribution is 5.82. The molecule has 10 heteroatoms. The zero-order valence-corrected chi connectivity index (χ0v) is 29.8. The van der Waals surface area contributed by atoms with Crippen LogP contribution in [0.25, 0.3) is 0 Å². The van der Waals surface area contributed by atoms with E-state index in [9.17, 15) is 24.0 Å². The molecule has 0 rings (SSSR count). The molecule has 0 aromatic rings. The highest BCUT2D eigenvalue weighted by Crippen LogP contribution is 2.16. The average molecular weight is 670 g/mol. The molecular formula is C37H67NO9. The summed E-state index contributed by atoms with van der Waals surface area (Å²) in [5.74, 6) is -0.400. The Hall–Kier alpha value is -2.17. The van der Waals surface area contributed by atoms with Crippen molar-refractivity contribution in [1.29, 1.82) is 0 Å². The number of nitrogens with one attached hydrogen (secondary N) is 1. The van der Waals surface area contributed by atoms with Gasteiger partial charge >= 0.3 is 5.97 Å². The molecule has 47 heavy (non-hydrogen) atoms. The number of carboxylic acid groups (broad SMARTS) is 1. The van der Waals surface area contributed by atoms with Crippen LogP contribution >= 0.6 is 0 Å². The molecule has 1 atom stereocenters. The molecule has 0 aromatic heterocycles. The van der Waals surface area contributed by atoms with Gasteiger partial charge in [0.1, 0.15) is 19.0 Å². The van der Waals surface area contributed by atoms with E-state index >= 15 is 0 Å². The zero-order chi connectivity index (χ0) is 34.8. The second-order valence-electron chi connectivity index (χ2n) is 12.8. The van der Waals surface area contributed by atoms with E-state index < -0.39 is 5.97 Å². The SMILES string of the molecule is CC[C@H](CCC(C)=O)CC(=O)COCC(=O)CCCOCCOCCNC(=O)CCCCCCCCCCCCCCCCC(=O)O. The van der Waals surface area contributed by atoms with Gasteiger partial charge in [0.25, 0.3) is 0 Å². The standard InChI is InChI=1S/C37H67NO9/c1-3-33(23-22-32(2)39)29-35(41)31-47-30-34(40)19-18-25-45-27-28-46-26-24-38-36(42)20-16-14-12-10-8-6-4-5-7-9-11-13-15-17-21-37(43)44/h33H,3-31H2,1-2H3,(H,38,42)(H,43,44)/t33-/m1/s1. The Bertz CT molecular complexity index is 818. The predicted molar refractivity (Wildman–Crippen MR) is 185 cm³/mol. The predicted octanol–water partition coefficient (Wildman–Crippen LogP) is 7.18. The van der Waals surface area contributed by atoms with E-state index in [4.69, 9.17) is 19.3 Å². The number of amides is 1. The Balaban J connectivity index is 3.39. The van der Waals surface area contributed by atoms with Crippen molar-refractivity contribution >= 4 is 29.2 Å². The van der Waals surface area contributed by atoms with Gasteiger partial charge in [-0.25, -0.2) is 0 Å². The number of hydrogen-bond acceptors (Lipinski definition) is 8. The van der Waals surface area contributed by atoms with Crippen molar-refractivity contribution in [3.63, 3.8) is 0 Å². The monoisotopic (exact) mass is 669 g/mol. The number of Topliss-reactive ketones (excluding diaryl/α,β-unsaturated/α-hetero) is 3. The van der Waals surface area contributed by atoms with Gasteiger partial charge in [0.05, 0.1) is 19.8 Å². The van der Waals surface area contributed by atoms with Crippen LogP contribution in [0.2, 0.25) is 0 Å². The van der Waals surface area contributed by atoms with Gasteiger partial charge in [-0.15, -0.1) is 0 Å². The first-order chi connectivity index (χ1) is 22.7. The Morgan fingerprint density at radius 3 is 1.62 bits per heavy atom. The van der Waals surface area contributed by atoms with Crippen LogP contribution < -0.4 is 5.32 Å². The molecule has 1 amide bonds. The van der Waals surface area contributed by atoms with Crippen LogP contribution in [0.5, 0.6) is 0 Å². The average Bonchev–Trinajstić information content (AvgIpc) is 3.03. The smallest absolute Gasteiger partial charge is 0.303 e. The van der Waals surface area contributed by atoms with Gasteiger partial charge in [0, 0.05) is 45.3 Å². The second kappa shape index (κ2) is 33.7. The fourth-order valence-electron chi connectivity index (χ4n) is 5.32. The minimum atomic E-state index is -0.689. The van der Waals surface area contributed by atoms with Crippen LogP contribution in [0.1, 0.15) is 155 Å². The minimum absolute atomic E-state index is 0.0346. The normalized spacial score (nSPS) is 11.8. The number of hydrogen-bond donors (Lipinski definition) is 2. The molecule has 0 bridgehead atoms. The van der Waals surface area contributed by atoms with Crippen LogP contribution in [-0.2, 0) is 38.2 Å². The van der Waals surface area contributed by atoms with Gasteiger partial charge in [0.15, 0.2) is 11.6 Å². The molecule has 0 aromatic carbocycles. The van der Waals surface area contributed by atoms with E-state index in [1.165, 1.54) is 57.8 Å². The molecule has 10 nitrogen and oxygen atoms in total. The first-order valence-corrected chi connectivity index (χ1v) is 18.5. The van der Waals surface area contributed by atoms with Crippen molar-refractivity contribution in [3.8, 4) is 0 Å². The van der Waals surface area contributed by atoms with E-state index in [1.807, 2.05) is 6.92 Å². The van der Waals surface area contributed by atoms with Crippen molar-refractivity contribution in [2.75, 3.05) is 46.2 Å². The maximum absolute atomic E-state index is 12.1. The summed E-state index contributed by atoms with van der Waals surface area (Å²) >= 11 is 0. The maximum Gasteiger partial charge on any atom is 0.303 e. The van der Waals surface area contributed by atoms with Crippen molar-refractivity contribution in [1.82, 2.24) is 5.32 Å². The Morgan fingerprint density at radius 2 is 1.09 bits per heavy atom. The fourth-order valence-corrected chi connectivity index (χ4v) is 5.32. The number of carboxylic acids is 1. The van der Waals surface area contributed by atoms with Gasteiger partial charge in [-0.05, 0) is 38.5 Å². The van der Waals surface area contributed by atoms with E-state index in [0.29, 0.717) is 77.9 Å². The molecule has 0 radical (unpaired) electrons. The summed E-state index contributed by atoms with van der Waals surface area (Å²) in [5.41, 5.74) is 0. The Morgan fingerprint density at radius 1 is 0.574 bits per heavy atom. The lowest BCUT2D eigenvalue weighted by Crippen LogP contribution is -2.27. The molecule has 0 spiro atoms. The van der Waals surface area contributed by atoms with Crippen molar-refractivity contribution in [2.45, 2.75) is 155 Å². The summed E-state index contributed by atoms with van der Waals surface area (Å²) in [4.78, 5) is 57.6. The van der Waals surface area contributed by atoms with Crippen LogP contribution in [0.4, 0.5) is 0 Å². The molecule has 0 aliphatic rings. The van der Waals surface area contributed by atoms with Crippen LogP contribution in [-0.4, -0.2) is 80.5 Å². The minimum Gasteiger partial charge on any atom is -0.481 e. The molecule has 0 saturated carbocycles. The van der Waals surface area contributed by atoms with Gasteiger partial charge in [-0.3, -0.25) is 19.2 Å². The summed E-state index contributed by atoms with van der Waals surface area (Å²) in [6, 6.07) is 0. The highest BCUT2D eigenvalue weighted by Gasteiger charge is 2.14. The van der Waals surface area contributed by atoms with E-state index in [2.05, 4.69) is 5.32 Å². The summed E-state index contributed by atoms with van der Waals surface area (Å²) in [6.07, 6.45) is 20.5. The first kappa shape index (κ1) is 44.8. The third-order valence-electron chi connectivity index (χ3n) is 8.25. The lowest BCUT2D eigenvalue weighted by molar-refractivity contribution is -0.137. The molecular weight excluding hydrogens is 602 g/mol. The number of ketones is 3. The molecule has 0 heterocycles. The number of unbranched alkanes of at least 4 members (excludes halogenated alkanes) is 13. The molecule has 0 fully saturated rings. The lowest BCUT2D eigenvalue weighted by Gasteiger charge is -2.13. The number of ether oxygens (including phenoxy) is 3. The van der Waals surface area contributed by atoms with Crippen LogP contribution in [0.15, 0.2) is 0 Å². The highest BCUT2D eigenvalue weighted by atomic mass is 16.5. The summed E-state index contributed by atoms with van der Waals surface area (Å²) < 4.78 is 16.3. The zero-order valence-electron chi connectivity index (χ0n) is 29.8. The largest absolute Gasteiger partial charge is 0.481 e. The molecule has 0 aliphatic heterocycles. The number of carbonyl (C=O) groups excluding carboxylic acids is 4. The van der Waals surface area contributed by atoms with E-state index in [0.717, 1.165) is 38.5 Å². The summed E-state index contributed by atoms with van der Waals surface area (Å²) in [6.45, 7) is 5.64. The molecule has 0 saturated heterocycles. The topological polar surface area (TPSA) is 145 Å². The number of aliphatic carboxylic acids is 1. The summed E-state index contributed by atoms with van der Waals surface area (Å²) in [5, 5.41) is 11.5. The van der Waals surface area contributed by atoms with Crippen molar-refractivity contribution < 1.29 is 43.3 Å². The van der Waals surface area contributed by atoms with Gasteiger partial charge in [-0.2, -0.15) is 0 Å². The number of carbonyl (C=O) groups is 5. The van der Waals surface area contributed by atoms with Gasteiger partial charge in [-0.1, -0.05) is 90.4 Å². The van der Waals surface area contributed by atoms with E-state index in [-0.39, 0.29) is 42.4 Å². The quantitative estimate of drug-likeness (QED) is 0.0657. The lowest BCUT2D eigenvalue weighted by atomic mass is 9.94. The van der Waals surface area contributed by atoms with Crippen molar-refractivity contribution in [2.24, 2.45) is 5.92 Å². The van der Waals surface area contributed by atoms with Crippen LogP contribution in [0.3, 0.4) is 0 Å². The third-order valence-corrected chi connectivity index (χ3v) is 8.25. The molecule has 274 valence electrons. The van der Waals surface area contributed by atoms with Crippen LogP contribution in [0, 0.1) is 5.92 Å². The second-order valence-corrected chi connectivity index (χ2v) is 12.8.